The van der Waals surface area contributed by atoms with Crippen LogP contribution in [0, 0.1) is 0 Å². The molecule has 5 heterocycles. The zero-order valence-corrected chi connectivity index (χ0v) is 18.3. The van der Waals surface area contributed by atoms with Crippen molar-refractivity contribution in [2.75, 3.05) is 43.5 Å². The van der Waals surface area contributed by atoms with E-state index in [9.17, 15) is 8.42 Å². The summed E-state index contributed by atoms with van der Waals surface area (Å²) in [6.07, 6.45) is 7.29. The highest BCUT2D eigenvalue weighted by Gasteiger charge is 2.42. The lowest BCUT2D eigenvalue weighted by atomic mass is 10.2. The summed E-state index contributed by atoms with van der Waals surface area (Å²) in [5.74, 6) is 0.956. The maximum atomic E-state index is 12.9. The Labute approximate surface area is 185 Å². The van der Waals surface area contributed by atoms with Gasteiger partial charge in [-0.2, -0.15) is 4.31 Å². The third-order valence-electron chi connectivity index (χ3n) is 6.28. The largest absolute Gasteiger partial charge is 0.378 e. The van der Waals surface area contributed by atoms with Crippen molar-refractivity contribution in [1.82, 2.24) is 28.6 Å². The average Bonchev–Trinajstić information content (AvgIpc) is 3.61. The van der Waals surface area contributed by atoms with Crippen molar-refractivity contribution in [2.45, 2.75) is 31.1 Å². The van der Waals surface area contributed by atoms with Crippen LogP contribution in [0.2, 0.25) is 0 Å². The molecule has 2 N–H and O–H groups in total. The topological polar surface area (TPSA) is 132 Å². The van der Waals surface area contributed by atoms with E-state index < -0.39 is 10.0 Å². The summed E-state index contributed by atoms with van der Waals surface area (Å²) in [5.41, 5.74) is 9.63. The molecular formula is C20H24N8O3S. The molecule has 0 unspecified atom stereocenters. The first-order chi connectivity index (χ1) is 15.5. The molecule has 3 aliphatic rings. The second kappa shape index (κ2) is 7.36. The van der Waals surface area contributed by atoms with Gasteiger partial charge in [0.05, 0.1) is 42.1 Å². The van der Waals surface area contributed by atoms with Gasteiger partial charge in [0.25, 0.3) is 0 Å². The number of rotatable bonds is 4. The van der Waals surface area contributed by atoms with Crippen LogP contribution in [0.25, 0.3) is 16.9 Å². The van der Waals surface area contributed by atoms with Crippen LogP contribution in [0.3, 0.4) is 0 Å². The third kappa shape index (κ3) is 3.29. The summed E-state index contributed by atoms with van der Waals surface area (Å²) in [6, 6.07) is 0. The highest BCUT2D eigenvalue weighted by molar-refractivity contribution is 7.90. The van der Waals surface area contributed by atoms with Crippen molar-refractivity contribution in [3.8, 4) is 11.3 Å². The number of hydrogen-bond acceptors (Lipinski definition) is 9. The van der Waals surface area contributed by atoms with Gasteiger partial charge in [0, 0.05) is 50.2 Å². The molecule has 2 fully saturated rings. The molecule has 0 aromatic carbocycles. The van der Waals surface area contributed by atoms with Gasteiger partial charge in [-0.15, -0.1) is 0 Å². The Kier molecular flexibility index (Phi) is 4.56. The molecule has 12 heteroatoms. The predicted octanol–water partition coefficient (Wildman–Crippen LogP) is 0.455. The molecule has 1 saturated carbocycles. The van der Waals surface area contributed by atoms with E-state index in [1.165, 1.54) is 0 Å². The number of nitrogens with zero attached hydrogens (tertiary/aromatic N) is 7. The van der Waals surface area contributed by atoms with E-state index in [4.69, 9.17) is 20.4 Å². The SMILES string of the molecule is Nc1ncc(-c2cn3c4c(nc3c(N3CCOCC3)n2)CCN(S(=O)(=O)C2CC2)C4)cn1. The number of anilines is 2. The molecule has 32 heavy (non-hydrogen) atoms. The van der Waals surface area contributed by atoms with Crippen molar-refractivity contribution in [1.29, 1.82) is 0 Å². The second-order valence-corrected chi connectivity index (χ2v) is 10.6. The maximum Gasteiger partial charge on any atom is 0.219 e. The van der Waals surface area contributed by atoms with Crippen molar-refractivity contribution in [3.63, 3.8) is 0 Å². The van der Waals surface area contributed by atoms with E-state index in [0.29, 0.717) is 51.5 Å². The minimum atomic E-state index is -3.26. The first kappa shape index (κ1) is 19.8. The zero-order valence-electron chi connectivity index (χ0n) is 17.5. The van der Waals surface area contributed by atoms with Crippen LogP contribution >= 0.6 is 0 Å². The summed E-state index contributed by atoms with van der Waals surface area (Å²) in [6.45, 7) is 3.45. The lowest BCUT2D eigenvalue weighted by molar-refractivity contribution is 0.122. The molecule has 0 bridgehead atoms. The van der Waals surface area contributed by atoms with E-state index in [1.807, 2.05) is 10.6 Å². The number of morpholine rings is 1. The predicted molar refractivity (Wildman–Crippen MR) is 118 cm³/mol. The van der Waals surface area contributed by atoms with E-state index in [-0.39, 0.29) is 11.2 Å². The number of fused-ring (bicyclic) bond motifs is 3. The lowest BCUT2D eigenvalue weighted by Crippen LogP contribution is -2.38. The molecule has 0 radical (unpaired) electrons. The molecule has 1 aliphatic carbocycles. The fourth-order valence-electron chi connectivity index (χ4n) is 4.36. The molecular weight excluding hydrogens is 432 g/mol. The van der Waals surface area contributed by atoms with Gasteiger partial charge < -0.3 is 15.4 Å². The Morgan fingerprint density at radius 1 is 1.06 bits per heavy atom. The number of aromatic nitrogens is 5. The quantitative estimate of drug-likeness (QED) is 0.594. The van der Waals surface area contributed by atoms with Crippen LogP contribution in [-0.4, -0.2) is 75.2 Å². The van der Waals surface area contributed by atoms with Gasteiger partial charge in [-0.1, -0.05) is 0 Å². The molecule has 168 valence electrons. The number of nitrogen functional groups attached to an aromatic ring is 1. The van der Waals surface area contributed by atoms with Crippen LogP contribution in [0.15, 0.2) is 18.6 Å². The highest BCUT2D eigenvalue weighted by Crippen LogP contribution is 2.35. The first-order valence-corrected chi connectivity index (χ1v) is 12.3. The van der Waals surface area contributed by atoms with Gasteiger partial charge in [0.1, 0.15) is 0 Å². The second-order valence-electron chi connectivity index (χ2n) is 8.41. The van der Waals surface area contributed by atoms with Gasteiger partial charge in [-0.3, -0.25) is 4.40 Å². The Morgan fingerprint density at radius 2 is 1.81 bits per heavy atom. The average molecular weight is 457 g/mol. The molecule has 3 aromatic rings. The molecule has 0 spiro atoms. The fraction of sp³-hybridized carbons (Fsp3) is 0.500. The molecule has 3 aromatic heterocycles. The fourth-order valence-corrected chi connectivity index (χ4v) is 6.16. The number of nitrogens with two attached hydrogens (primary N) is 1. The monoisotopic (exact) mass is 456 g/mol. The smallest absolute Gasteiger partial charge is 0.219 e. The maximum absolute atomic E-state index is 12.9. The molecule has 11 nitrogen and oxygen atoms in total. The van der Waals surface area contributed by atoms with Crippen LogP contribution < -0.4 is 10.6 Å². The summed E-state index contributed by atoms with van der Waals surface area (Å²) in [7, 11) is -3.26. The van der Waals surface area contributed by atoms with Crippen molar-refractivity contribution in [3.05, 3.63) is 30.0 Å². The van der Waals surface area contributed by atoms with Gasteiger partial charge in [-0.25, -0.2) is 28.4 Å². The van der Waals surface area contributed by atoms with Crippen molar-refractivity contribution in [2.24, 2.45) is 0 Å². The first-order valence-electron chi connectivity index (χ1n) is 10.8. The standard InChI is InChI=1S/C20H24N8O3S/c21-20-22-9-13(10-23-20)16-11-28-17-12-27(32(29,30)14-1-2-14)4-3-15(17)24-19(28)18(25-16)26-5-7-31-8-6-26/h9-11,14H,1-8,12H2,(H2,21,22,23). The van der Waals surface area contributed by atoms with E-state index in [0.717, 1.165) is 41.3 Å². The van der Waals surface area contributed by atoms with E-state index in [2.05, 4.69) is 14.9 Å². The minimum Gasteiger partial charge on any atom is -0.378 e. The van der Waals surface area contributed by atoms with Gasteiger partial charge in [0.15, 0.2) is 11.5 Å². The van der Waals surface area contributed by atoms with Crippen LogP contribution in [0.5, 0.6) is 0 Å². The summed E-state index contributed by atoms with van der Waals surface area (Å²) in [5, 5.41) is -0.226. The Bertz CT molecular complexity index is 1280. The number of imidazole rings is 1. The highest BCUT2D eigenvalue weighted by atomic mass is 32.2. The molecule has 6 rings (SSSR count). The Balaban J connectivity index is 1.49. The molecule has 2 aliphatic heterocycles. The Hall–Kier alpha value is -2.83. The zero-order chi connectivity index (χ0) is 21.9. The number of sulfonamides is 1. The number of ether oxygens (including phenoxy) is 1. The molecule has 0 amide bonds. The van der Waals surface area contributed by atoms with Crippen molar-refractivity contribution >= 4 is 27.4 Å². The Morgan fingerprint density at radius 3 is 2.53 bits per heavy atom. The van der Waals surface area contributed by atoms with Crippen LogP contribution in [-0.2, 0) is 27.7 Å². The normalized spacial score (nSPS) is 19.9. The summed E-state index contributed by atoms with van der Waals surface area (Å²) < 4.78 is 34.9. The van der Waals surface area contributed by atoms with Crippen molar-refractivity contribution < 1.29 is 13.2 Å². The van der Waals surface area contributed by atoms with Gasteiger partial charge >= 0.3 is 0 Å². The molecule has 1 saturated heterocycles. The van der Waals surface area contributed by atoms with Gasteiger partial charge in [0.2, 0.25) is 16.0 Å². The van der Waals surface area contributed by atoms with Gasteiger partial charge in [-0.05, 0) is 12.8 Å². The third-order valence-corrected chi connectivity index (χ3v) is 8.62. The number of hydrogen-bond donors (Lipinski definition) is 1. The lowest BCUT2D eigenvalue weighted by Gasteiger charge is -2.28. The molecule has 0 atom stereocenters. The minimum absolute atomic E-state index is 0.198. The van der Waals surface area contributed by atoms with Crippen LogP contribution in [0.4, 0.5) is 11.8 Å². The van der Waals surface area contributed by atoms with E-state index in [1.54, 1.807) is 16.7 Å². The summed E-state index contributed by atoms with van der Waals surface area (Å²) in [4.78, 5) is 20.2. The summed E-state index contributed by atoms with van der Waals surface area (Å²) >= 11 is 0. The van der Waals surface area contributed by atoms with E-state index >= 15 is 0 Å². The van der Waals surface area contributed by atoms with Crippen LogP contribution in [0.1, 0.15) is 24.2 Å².